The molecule has 5 heterocycles. The van der Waals surface area contributed by atoms with Gasteiger partial charge in [0.1, 0.15) is 5.82 Å². The molecule has 0 spiro atoms. The van der Waals surface area contributed by atoms with E-state index in [0.717, 1.165) is 67.7 Å². The van der Waals surface area contributed by atoms with Gasteiger partial charge in [-0.2, -0.15) is 5.10 Å². The Labute approximate surface area is 431 Å². The normalized spacial score (nSPS) is 19.9. The zero-order valence-electron chi connectivity index (χ0n) is 41.3. The number of amides is 7. The molecule has 0 radical (unpaired) electrons. The Kier molecular flexibility index (Phi) is 18.0. The summed E-state index contributed by atoms with van der Waals surface area (Å²) in [6.07, 6.45) is 9.01. The first-order valence-electron chi connectivity index (χ1n) is 25.1. The number of hydrazone groups is 1. The van der Waals surface area contributed by atoms with E-state index in [9.17, 15) is 33.6 Å². The number of ether oxygens (including phenoxy) is 1. The molecule has 3 aliphatic heterocycles. The number of piperazine rings is 1. The maximum atomic E-state index is 15.0. The van der Waals surface area contributed by atoms with E-state index in [1.807, 2.05) is 36.9 Å². The van der Waals surface area contributed by atoms with Crippen LogP contribution in [0.2, 0.25) is 0 Å². The monoisotopic (exact) mass is 1040 g/mol. The number of fused-ring (bicyclic) bond motifs is 1. The minimum absolute atomic E-state index is 0.0331. The molecule has 4 fully saturated rings. The summed E-state index contributed by atoms with van der Waals surface area (Å²) in [5, 5.41) is 10.7. The first-order valence-corrected chi connectivity index (χ1v) is 27.4. The van der Waals surface area contributed by atoms with Crippen LogP contribution in [0.15, 0.2) is 60.0 Å². The van der Waals surface area contributed by atoms with E-state index in [2.05, 4.69) is 36.0 Å². The zero-order valence-corrected chi connectivity index (χ0v) is 42.9. The molecule has 0 unspecified atom stereocenters. The zero-order chi connectivity index (χ0) is 51.5. The lowest BCUT2D eigenvalue weighted by Crippen LogP contribution is -2.55. The number of benzene rings is 1. The van der Waals surface area contributed by atoms with E-state index in [-0.39, 0.29) is 74.4 Å². The molecule has 0 bridgehead atoms. The van der Waals surface area contributed by atoms with E-state index >= 15 is 4.39 Å². The molecule has 8 rings (SSSR count). The summed E-state index contributed by atoms with van der Waals surface area (Å²) in [5.41, 5.74) is 6.84. The van der Waals surface area contributed by atoms with Crippen LogP contribution in [0.1, 0.15) is 113 Å². The molecular formula is C51H63FN10O9S2. The summed E-state index contributed by atoms with van der Waals surface area (Å²) >= 11 is 0. The van der Waals surface area contributed by atoms with Crippen LogP contribution in [-0.4, -0.2) is 139 Å². The van der Waals surface area contributed by atoms with Crippen LogP contribution in [0.5, 0.6) is 5.88 Å². The summed E-state index contributed by atoms with van der Waals surface area (Å²) in [6, 6.07) is 12.0. The summed E-state index contributed by atoms with van der Waals surface area (Å²) in [6.45, 7) is 8.22. The van der Waals surface area contributed by atoms with Gasteiger partial charge in [-0.25, -0.2) is 24.4 Å². The summed E-state index contributed by atoms with van der Waals surface area (Å²) in [4.78, 5) is 107. The third-order valence-corrected chi connectivity index (χ3v) is 16.9. The molecule has 22 heteroatoms. The van der Waals surface area contributed by atoms with Gasteiger partial charge in [-0.15, -0.1) is 5.06 Å². The summed E-state index contributed by atoms with van der Waals surface area (Å²) < 4.78 is 20.4. The average Bonchev–Trinajstić information content (AvgIpc) is 4.14. The first-order chi connectivity index (χ1) is 35.2. The molecule has 3 aromatic rings. The van der Waals surface area contributed by atoms with Crippen LogP contribution < -0.4 is 20.8 Å². The van der Waals surface area contributed by atoms with Gasteiger partial charge in [-0.3, -0.25) is 33.9 Å². The highest BCUT2D eigenvalue weighted by Crippen LogP contribution is 2.47. The third kappa shape index (κ3) is 14.8. The number of halogens is 1. The molecule has 1 saturated carbocycles. The third-order valence-electron chi connectivity index (χ3n) is 13.6. The van der Waals surface area contributed by atoms with Crippen molar-refractivity contribution in [2.75, 3.05) is 56.9 Å². The molecule has 2 atom stereocenters. The number of urea groups is 1. The van der Waals surface area contributed by atoms with Crippen molar-refractivity contribution >= 4 is 74.5 Å². The number of aryl methyl sites for hydroxylation is 1. The second-order valence-electron chi connectivity index (χ2n) is 19.5. The van der Waals surface area contributed by atoms with Gasteiger partial charge in [0, 0.05) is 129 Å². The van der Waals surface area contributed by atoms with Crippen molar-refractivity contribution in [1.29, 1.82) is 0 Å². The molecule has 5 aliphatic rings. The number of imide groups is 1. The van der Waals surface area contributed by atoms with E-state index < -0.39 is 28.3 Å². The number of nitrogens with zero attached hydrogens (tertiary/aromatic N) is 7. The van der Waals surface area contributed by atoms with Crippen LogP contribution >= 0.6 is 21.6 Å². The molecule has 3 saturated heterocycles. The van der Waals surface area contributed by atoms with Crippen molar-refractivity contribution in [3.63, 3.8) is 0 Å². The molecule has 7 amide bonds. The minimum Gasteiger partial charge on any atom is -0.478 e. The molecule has 73 heavy (non-hydrogen) atoms. The Hall–Kier alpha value is -6.13. The SMILES string of the molecule is CC(C)(CC(=O)N/N=C1\CCCc2nc(OCCCC(=O)ON3C(=O)CCC3=O)ccc21)SSCCC(=O)N1CCN(C2CCN(C(=O)NCc3ccc(NC(=O)[C@H]4C[C@@H]4c4cccnc4)cc3F)CC2)CC1. The fraction of sp³-hybridized carbons (Fsp3) is 0.529. The standard InChI is InChI=1S/C51H63FN10O9S2/c1-51(2,30-43(63)58-57-42-8-3-7-41-37(42)12-13-44(56-41)70-26-5-9-48(67)71-62-46(65)14-15-47(62)66)73-72-27-18-45(64)60-24-22-59(23-25-60)36-16-20-61(21-17-36)50(69)54-32-34-10-11-35(28-40(34)52)55-49(68)39-29-38(39)33-6-4-19-53-31-33/h4,6,10-13,19,28,31,36,38-39H,3,5,7-9,14-18,20-27,29-30,32H2,1-2H3,(H,54,69)(H,55,68)(H,58,63)/b57-42+/t38-,39+/m1/s1. The fourth-order valence-electron chi connectivity index (χ4n) is 9.47. The Balaban J connectivity index is 0.666. The fourth-order valence-corrected chi connectivity index (χ4v) is 12.0. The Morgan fingerprint density at radius 3 is 2.44 bits per heavy atom. The van der Waals surface area contributed by atoms with Gasteiger partial charge in [-0.05, 0) is 94.5 Å². The highest BCUT2D eigenvalue weighted by atomic mass is 33.1. The molecule has 19 nitrogen and oxygen atoms in total. The minimum atomic E-state index is -0.686. The Morgan fingerprint density at radius 1 is 0.918 bits per heavy atom. The smallest absolute Gasteiger partial charge is 0.333 e. The number of hydrogen-bond donors (Lipinski definition) is 3. The lowest BCUT2D eigenvalue weighted by atomic mass is 9.94. The van der Waals surface area contributed by atoms with Crippen molar-refractivity contribution < 1.29 is 47.5 Å². The average molecular weight is 1040 g/mol. The summed E-state index contributed by atoms with van der Waals surface area (Å²) in [5.74, 6) is -1.50. The number of likely N-dealkylation sites (tertiary alicyclic amines) is 1. The molecule has 2 aromatic heterocycles. The second-order valence-corrected chi connectivity index (χ2v) is 22.6. The largest absolute Gasteiger partial charge is 0.478 e. The van der Waals surface area contributed by atoms with Crippen LogP contribution in [-0.2, 0) is 46.6 Å². The van der Waals surface area contributed by atoms with E-state index in [1.165, 1.54) is 6.07 Å². The second kappa shape index (κ2) is 24.7. The molecule has 2 aliphatic carbocycles. The van der Waals surface area contributed by atoms with Gasteiger partial charge in [-0.1, -0.05) is 33.7 Å². The molecule has 1 aromatic carbocycles. The van der Waals surface area contributed by atoms with Gasteiger partial charge >= 0.3 is 12.0 Å². The first kappa shape index (κ1) is 53.2. The van der Waals surface area contributed by atoms with Crippen molar-refractivity contribution in [2.45, 2.75) is 114 Å². The van der Waals surface area contributed by atoms with Crippen LogP contribution in [0.3, 0.4) is 0 Å². The van der Waals surface area contributed by atoms with Crippen LogP contribution in [0, 0.1) is 11.7 Å². The number of hydroxylamine groups is 2. The number of aromatic nitrogens is 2. The van der Waals surface area contributed by atoms with Gasteiger partial charge in [0.05, 0.1) is 24.4 Å². The Bertz CT molecular complexity index is 2540. The number of hydrogen-bond acceptors (Lipinski definition) is 15. The number of rotatable bonds is 20. The van der Waals surface area contributed by atoms with Crippen molar-refractivity contribution in [3.05, 3.63) is 83.1 Å². The van der Waals surface area contributed by atoms with E-state index in [1.54, 1.807) is 57.1 Å². The number of pyridine rings is 2. The molecule has 390 valence electrons. The van der Waals surface area contributed by atoms with Crippen LogP contribution in [0.25, 0.3) is 0 Å². The van der Waals surface area contributed by atoms with Gasteiger partial charge in [0.2, 0.25) is 23.6 Å². The topological polar surface area (TPSA) is 225 Å². The lowest BCUT2D eigenvalue weighted by molar-refractivity contribution is -0.197. The Morgan fingerprint density at radius 2 is 1.70 bits per heavy atom. The highest BCUT2D eigenvalue weighted by Gasteiger charge is 2.44. The highest BCUT2D eigenvalue weighted by molar-refractivity contribution is 8.77. The van der Waals surface area contributed by atoms with Gasteiger partial charge in [0.15, 0.2) is 0 Å². The van der Waals surface area contributed by atoms with E-state index in [0.29, 0.717) is 79.4 Å². The van der Waals surface area contributed by atoms with Gasteiger partial charge < -0.3 is 30.0 Å². The maximum Gasteiger partial charge on any atom is 0.333 e. The molecule has 3 N–H and O–H groups in total. The van der Waals surface area contributed by atoms with Gasteiger partial charge in [0.25, 0.3) is 11.8 Å². The van der Waals surface area contributed by atoms with Crippen molar-refractivity contribution in [1.82, 2.24) is 40.5 Å². The maximum absolute atomic E-state index is 15.0. The predicted octanol–water partition coefficient (Wildman–Crippen LogP) is 5.74. The number of anilines is 1. The lowest BCUT2D eigenvalue weighted by Gasteiger charge is -2.42. The number of carbonyl (C=O) groups is 7. The van der Waals surface area contributed by atoms with E-state index in [4.69, 9.17) is 9.57 Å². The van der Waals surface area contributed by atoms with Crippen molar-refractivity contribution in [2.24, 2.45) is 11.0 Å². The summed E-state index contributed by atoms with van der Waals surface area (Å²) in [7, 11) is 3.16. The van der Waals surface area contributed by atoms with Crippen molar-refractivity contribution in [3.8, 4) is 5.88 Å². The number of piperidine rings is 1. The number of carbonyl (C=O) groups excluding carboxylic acids is 7. The number of nitrogens with one attached hydrogen (secondary N) is 3. The van der Waals surface area contributed by atoms with Crippen LogP contribution in [0.4, 0.5) is 14.9 Å². The predicted molar refractivity (Wildman–Crippen MR) is 272 cm³/mol. The molecular weight excluding hydrogens is 980 g/mol. The quantitative estimate of drug-likeness (QED) is 0.0532.